The first kappa shape index (κ1) is 14.0. The van der Waals surface area contributed by atoms with Crippen LogP contribution in [0.15, 0.2) is 35.5 Å². The number of hydrogen-bond acceptors (Lipinski definition) is 3. The van der Waals surface area contributed by atoms with Crippen LogP contribution in [0.1, 0.15) is 11.1 Å². The fourth-order valence-electron chi connectivity index (χ4n) is 1.87. The molecular formula is C13H11N4NaO. The van der Waals surface area contributed by atoms with Crippen LogP contribution in [-0.2, 0) is 0 Å². The van der Waals surface area contributed by atoms with Gasteiger partial charge in [-0.25, -0.2) is 4.68 Å². The Morgan fingerprint density at radius 1 is 1.21 bits per heavy atom. The van der Waals surface area contributed by atoms with Crippen LogP contribution in [-0.4, -0.2) is 14.8 Å². The molecule has 5 nitrogen and oxygen atoms in total. The zero-order chi connectivity index (χ0) is 12.7. The van der Waals surface area contributed by atoms with Crippen LogP contribution in [0.5, 0.6) is 0 Å². The van der Waals surface area contributed by atoms with Crippen molar-refractivity contribution in [1.82, 2.24) is 19.7 Å². The molecule has 0 aliphatic rings. The van der Waals surface area contributed by atoms with Crippen molar-refractivity contribution in [3.8, 4) is 5.69 Å². The van der Waals surface area contributed by atoms with Gasteiger partial charge in [0.2, 0.25) is 0 Å². The maximum absolute atomic E-state index is 11.5. The molecule has 2 aromatic heterocycles. The van der Waals surface area contributed by atoms with Crippen LogP contribution < -0.4 is 40.1 Å². The molecule has 0 saturated carbocycles. The van der Waals surface area contributed by atoms with E-state index in [0.717, 1.165) is 5.69 Å². The van der Waals surface area contributed by atoms with Gasteiger partial charge in [0.05, 0.1) is 22.9 Å². The maximum Gasteiger partial charge on any atom is 1.00 e. The van der Waals surface area contributed by atoms with Crippen LogP contribution in [0.2, 0.25) is 0 Å². The second kappa shape index (κ2) is 5.28. The van der Waals surface area contributed by atoms with Gasteiger partial charge in [0.25, 0.3) is 0 Å². The average molecular weight is 262 g/mol. The fourth-order valence-corrected chi connectivity index (χ4v) is 1.87. The third-order valence-corrected chi connectivity index (χ3v) is 3.06. The SMILES string of the molecule is Cc1ccc(-n2ncc3c(=O)[n-]cnc32)cc1C.[Na+]. The Morgan fingerprint density at radius 3 is 2.74 bits per heavy atom. The summed E-state index contributed by atoms with van der Waals surface area (Å²) >= 11 is 0. The minimum absolute atomic E-state index is 0. The van der Waals surface area contributed by atoms with Crippen LogP contribution in [0, 0.1) is 13.8 Å². The van der Waals surface area contributed by atoms with E-state index in [-0.39, 0.29) is 35.1 Å². The van der Waals surface area contributed by atoms with Crippen LogP contribution in [0.4, 0.5) is 0 Å². The molecule has 2 heterocycles. The Labute approximate surface area is 132 Å². The Hall–Kier alpha value is -1.43. The molecule has 0 aliphatic heterocycles. The standard InChI is InChI=1S/C13H12N4O.Na/c1-8-3-4-10(5-9(8)2)17-12-11(6-16-17)13(18)15-7-14-12;/h3-7H,1-2H3,(H,14,15,16,18);/q;+1/p-1. The molecule has 1 aromatic carbocycles. The molecule has 0 unspecified atom stereocenters. The summed E-state index contributed by atoms with van der Waals surface area (Å²) < 4.78 is 1.66. The van der Waals surface area contributed by atoms with Crippen molar-refractivity contribution in [2.45, 2.75) is 13.8 Å². The number of hydrogen-bond donors (Lipinski definition) is 0. The van der Waals surface area contributed by atoms with Crippen molar-refractivity contribution >= 4 is 11.0 Å². The summed E-state index contributed by atoms with van der Waals surface area (Å²) in [7, 11) is 0. The molecule has 0 spiro atoms. The molecule has 0 N–H and O–H groups in total. The first-order valence-electron chi connectivity index (χ1n) is 5.60. The Bertz CT molecular complexity index is 791. The number of aryl methyl sites for hydroxylation is 2. The number of rotatable bonds is 1. The normalized spacial score (nSPS) is 10.4. The molecule has 0 atom stereocenters. The quantitative estimate of drug-likeness (QED) is 0.493. The van der Waals surface area contributed by atoms with Crippen molar-refractivity contribution in [3.63, 3.8) is 0 Å². The van der Waals surface area contributed by atoms with Gasteiger partial charge in [0.15, 0.2) is 5.56 Å². The van der Waals surface area contributed by atoms with Crippen LogP contribution in [0.3, 0.4) is 0 Å². The van der Waals surface area contributed by atoms with Crippen LogP contribution in [0.25, 0.3) is 16.7 Å². The molecule has 0 fully saturated rings. The zero-order valence-corrected chi connectivity index (χ0v) is 13.1. The van der Waals surface area contributed by atoms with E-state index in [1.165, 1.54) is 23.7 Å². The molecule has 0 amide bonds. The first-order valence-corrected chi connectivity index (χ1v) is 5.60. The summed E-state index contributed by atoms with van der Waals surface area (Å²) in [6.45, 7) is 4.09. The first-order chi connectivity index (χ1) is 8.66. The van der Waals surface area contributed by atoms with Crippen LogP contribution >= 0.6 is 0 Å². The molecule has 3 aromatic rings. The van der Waals surface area contributed by atoms with Gasteiger partial charge < -0.3 is 9.97 Å². The van der Waals surface area contributed by atoms with Gasteiger partial charge in [-0.2, -0.15) is 5.10 Å². The summed E-state index contributed by atoms with van der Waals surface area (Å²) in [5.74, 6) is 0. The van der Waals surface area contributed by atoms with Gasteiger partial charge in [-0.15, -0.1) is 0 Å². The third kappa shape index (κ3) is 2.36. The predicted octanol–water partition coefficient (Wildman–Crippen LogP) is -1.64. The Balaban J connectivity index is 0.00000133. The van der Waals surface area contributed by atoms with E-state index in [1.54, 1.807) is 4.68 Å². The number of benzene rings is 1. The monoisotopic (exact) mass is 262 g/mol. The van der Waals surface area contributed by atoms with Gasteiger partial charge in [-0.3, -0.25) is 4.79 Å². The topological polar surface area (TPSA) is 61.9 Å². The van der Waals surface area contributed by atoms with Gasteiger partial charge >= 0.3 is 29.6 Å². The van der Waals surface area contributed by atoms with Gasteiger partial charge in [-0.1, -0.05) is 12.4 Å². The van der Waals surface area contributed by atoms with E-state index in [4.69, 9.17) is 0 Å². The average Bonchev–Trinajstić information content (AvgIpc) is 2.78. The van der Waals surface area contributed by atoms with Crippen molar-refractivity contribution in [2.75, 3.05) is 0 Å². The molecular weight excluding hydrogens is 251 g/mol. The molecule has 90 valence electrons. The van der Waals surface area contributed by atoms with Gasteiger partial charge in [0, 0.05) is 0 Å². The predicted molar refractivity (Wildman–Crippen MR) is 67.9 cm³/mol. The maximum atomic E-state index is 11.5. The summed E-state index contributed by atoms with van der Waals surface area (Å²) in [6, 6.07) is 6.01. The second-order valence-electron chi connectivity index (χ2n) is 4.24. The van der Waals surface area contributed by atoms with Crippen molar-refractivity contribution in [1.29, 1.82) is 0 Å². The van der Waals surface area contributed by atoms with Gasteiger partial charge in [-0.05, 0) is 37.1 Å². The zero-order valence-electron chi connectivity index (χ0n) is 11.1. The van der Waals surface area contributed by atoms with E-state index in [1.807, 2.05) is 25.1 Å². The van der Waals surface area contributed by atoms with Crippen molar-refractivity contribution in [2.24, 2.45) is 0 Å². The van der Waals surface area contributed by atoms with E-state index >= 15 is 0 Å². The molecule has 19 heavy (non-hydrogen) atoms. The molecule has 0 aliphatic carbocycles. The molecule has 3 rings (SSSR count). The number of aromatic nitrogens is 4. The van der Waals surface area contributed by atoms with E-state index in [0.29, 0.717) is 11.0 Å². The second-order valence-corrected chi connectivity index (χ2v) is 4.24. The molecule has 0 bridgehead atoms. The molecule has 0 radical (unpaired) electrons. The third-order valence-electron chi connectivity index (χ3n) is 3.06. The summed E-state index contributed by atoms with van der Waals surface area (Å²) in [6.07, 6.45) is 2.77. The largest absolute Gasteiger partial charge is 1.00 e. The smallest absolute Gasteiger partial charge is 0.426 e. The molecule has 0 saturated heterocycles. The summed E-state index contributed by atoms with van der Waals surface area (Å²) in [5, 5.41) is 4.65. The van der Waals surface area contributed by atoms with Crippen molar-refractivity contribution < 1.29 is 29.6 Å². The summed E-state index contributed by atoms with van der Waals surface area (Å²) in [5.41, 5.74) is 3.53. The Morgan fingerprint density at radius 2 is 2.00 bits per heavy atom. The minimum atomic E-state index is -0.296. The van der Waals surface area contributed by atoms with E-state index < -0.39 is 0 Å². The van der Waals surface area contributed by atoms with E-state index in [9.17, 15) is 4.79 Å². The number of nitrogens with zero attached hydrogens (tertiary/aromatic N) is 4. The van der Waals surface area contributed by atoms with Crippen molar-refractivity contribution in [3.05, 3.63) is 52.2 Å². The molecule has 6 heteroatoms. The fraction of sp³-hybridized carbons (Fsp3) is 0.154. The minimum Gasteiger partial charge on any atom is -0.426 e. The van der Waals surface area contributed by atoms with Gasteiger partial charge in [0.1, 0.15) is 0 Å². The Kier molecular flexibility index (Phi) is 3.89. The summed E-state index contributed by atoms with van der Waals surface area (Å²) in [4.78, 5) is 19.3. The van der Waals surface area contributed by atoms with E-state index in [2.05, 4.69) is 22.0 Å². The number of fused-ring (bicyclic) bond motifs is 1.